The molecule has 21 heavy (non-hydrogen) atoms. The van der Waals surface area contributed by atoms with Crippen LogP contribution in [0.2, 0.25) is 0 Å². The van der Waals surface area contributed by atoms with Gasteiger partial charge < -0.3 is 14.2 Å². The van der Waals surface area contributed by atoms with Crippen molar-refractivity contribution in [3.05, 3.63) is 53.6 Å². The van der Waals surface area contributed by atoms with Crippen molar-refractivity contribution in [1.82, 2.24) is 0 Å². The lowest BCUT2D eigenvalue weighted by Gasteiger charge is -2.09. The van der Waals surface area contributed by atoms with Crippen LogP contribution in [0.3, 0.4) is 0 Å². The van der Waals surface area contributed by atoms with Gasteiger partial charge in [0, 0.05) is 6.07 Å². The number of ether oxygens (including phenoxy) is 3. The molecule has 0 aliphatic heterocycles. The van der Waals surface area contributed by atoms with Crippen molar-refractivity contribution in [3.63, 3.8) is 0 Å². The van der Waals surface area contributed by atoms with E-state index in [0.29, 0.717) is 22.8 Å². The average Bonchev–Trinajstić information content (AvgIpc) is 2.54. The number of carbonyl (C=O) groups is 1. The molecular weight excluding hydrogens is 268 g/mol. The minimum Gasteiger partial charge on any atom is -0.497 e. The molecule has 0 unspecified atom stereocenters. The molecule has 0 amide bonds. The van der Waals surface area contributed by atoms with E-state index in [-0.39, 0.29) is 0 Å². The van der Waals surface area contributed by atoms with E-state index in [1.165, 1.54) is 19.8 Å². The molecule has 110 valence electrons. The summed E-state index contributed by atoms with van der Waals surface area (Å²) in [6.45, 7) is 2.07. The van der Waals surface area contributed by atoms with Gasteiger partial charge in [0.05, 0.1) is 19.8 Å². The fraction of sp³-hybridized carbons (Fsp3) is 0.235. The maximum absolute atomic E-state index is 12.2. The number of methoxy groups -OCH3 is 2. The SMILES string of the molecule is CCc1ccc(OC(=O)c2cc(OC)cc(OC)c2)cc1. The maximum atomic E-state index is 12.2. The topological polar surface area (TPSA) is 44.8 Å². The molecular formula is C17H18O4. The zero-order valence-electron chi connectivity index (χ0n) is 12.4. The Labute approximate surface area is 124 Å². The van der Waals surface area contributed by atoms with Crippen LogP contribution >= 0.6 is 0 Å². The predicted molar refractivity (Wildman–Crippen MR) is 80.3 cm³/mol. The molecule has 0 heterocycles. The number of hydrogen-bond acceptors (Lipinski definition) is 4. The number of hydrogen-bond donors (Lipinski definition) is 0. The zero-order chi connectivity index (χ0) is 15.2. The van der Waals surface area contributed by atoms with Gasteiger partial charge in [-0.1, -0.05) is 19.1 Å². The Morgan fingerprint density at radius 2 is 1.48 bits per heavy atom. The van der Waals surface area contributed by atoms with Crippen molar-refractivity contribution in [2.45, 2.75) is 13.3 Å². The molecule has 0 aromatic heterocycles. The van der Waals surface area contributed by atoms with Gasteiger partial charge in [-0.2, -0.15) is 0 Å². The Balaban J connectivity index is 2.18. The highest BCUT2D eigenvalue weighted by Gasteiger charge is 2.12. The summed E-state index contributed by atoms with van der Waals surface area (Å²) >= 11 is 0. The first-order valence-electron chi connectivity index (χ1n) is 6.70. The van der Waals surface area contributed by atoms with Crippen LogP contribution in [0.5, 0.6) is 17.2 Å². The number of benzene rings is 2. The van der Waals surface area contributed by atoms with Crippen LogP contribution in [0.15, 0.2) is 42.5 Å². The molecule has 0 saturated heterocycles. The Morgan fingerprint density at radius 1 is 0.905 bits per heavy atom. The lowest BCUT2D eigenvalue weighted by Crippen LogP contribution is -2.09. The van der Waals surface area contributed by atoms with Crippen LogP contribution in [0.1, 0.15) is 22.8 Å². The fourth-order valence-electron chi connectivity index (χ4n) is 1.88. The second kappa shape index (κ2) is 6.79. The minimum absolute atomic E-state index is 0.380. The summed E-state index contributed by atoms with van der Waals surface area (Å²) in [6.07, 6.45) is 0.946. The highest BCUT2D eigenvalue weighted by molar-refractivity contribution is 5.92. The Bertz CT molecular complexity index is 595. The summed E-state index contributed by atoms with van der Waals surface area (Å²) in [7, 11) is 3.07. The lowest BCUT2D eigenvalue weighted by atomic mass is 10.1. The first-order valence-corrected chi connectivity index (χ1v) is 6.70. The van der Waals surface area contributed by atoms with Gasteiger partial charge in [0.1, 0.15) is 17.2 Å². The van der Waals surface area contributed by atoms with Crippen LogP contribution in [0.25, 0.3) is 0 Å². The van der Waals surface area contributed by atoms with Crippen LogP contribution in [0, 0.1) is 0 Å². The zero-order valence-corrected chi connectivity index (χ0v) is 12.4. The van der Waals surface area contributed by atoms with Gasteiger partial charge in [0.2, 0.25) is 0 Å². The van der Waals surface area contributed by atoms with Gasteiger partial charge in [-0.15, -0.1) is 0 Å². The summed E-state index contributed by atoms with van der Waals surface area (Å²) < 4.78 is 15.6. The largest absolute Gasteiger partial charge is 0.497 e. The van der Waals surface area contributed by atoms with Crippen molar-refractivity contribution in [1.29, 1.82) is 0 Å². The van der Waals surface area contributed by atoms with E-state index >= 15 is 0 Å². The Hall–Kier alpha value is -2.49. The molecule has 4 heteroatoms. The average molecular weight is 286 g/mol. The first-order chi connectivity index (χ1) is 10.2. The molecule has 0 aliphatic rings. The smallest absolute Gasteiger partial charge is 0.343 e. The van der Waals surface area contributed by atoms with Crippen molar-refractivity contribution in [2.24, 2.45) is 0 Å². The van der Waals surface area contributed by atoms with Gasteiger partial charge in [-0.3, -0.25) is 0 Å². The second-order valence-electron chi connectivity index (χ2n) is 4.49. The fourth-order valence-corrected chi connectivity index (χ4v) is 1.88. The minimum atomic E-state index is -0.448. The van der Waals surface area contributed by atoms with Gasteiger partial charge in [0.25, 0.3) is 0 Å². The van der Waals surface area contributed by atoms with E-state index in [1.54, 1.807) is 30.3 Å². The van der Waals surface area contributed by atoms with Crippen molar-refractivity contribution < 1.29 is 19.0 Å². The van der Waals surface area contributed by atoms with E-state index in [1.807, 2.05) is 12.1 Å². The predicted octanol–water partition coefficient (Wildman–Crippen LogP) is 3.49. The van der Waals surface area contributed by atoms with Crippen LogP contribution in [-0.2, 0) is 6.42 Å². The Kier molecular flexibility index (Phi) is 4.82. The molecule has 0 aliphatic carbocycles. The van der Waals surface area contributed by atoms with E-state index < -0.39 is 5.97 Å². The highest BCUT2D eigenvalue weighted by atomic mass is 16.5. The summed E-state index contributed by atoms with van der Waals surface area (Å²) in [4.78, 5) is 12.2. The van der Waals surface area contributed by atoms with E-state index in [2.05, 4.69) is 6.92 Å². The molecule has 0 saturated carbocycles. The summed E-state index contributed by atoms with van der Waals surface area (Å²) in [5.74, 6) is 1.15. The Morgan fingerprint density at radius 3 is 1.95 bits per heavy atom. The van der Waals surface area contributed by atoms with Crippen molar-refractivity contribution in [3.8, 4) is 17.2 Å². The number of esters is 1. The highest BCUT2D eigenvalue weighted by Crippen LogP contribution is 2.23. The summed E-state index contributed by atoms with van der Waals surface area (Å²) in [5.41, 5.74) is 1.57. The maximum Gasteiger partial charge on any atom is 0.343 e. The molecule has 0 spiro atoms. The number of rotatable bonds is 5. The number of carbonyl (C=O) groups excluding carboxylic acids is 1. The third-order valence-electron chi connectivity index (χ3n) is 3.13. The van der Waals surface area contributed by atoms with Crippen LogP contribution in [-0.4, -0.2) is 20.2 Å². The van der Waals surface area contributed by atoms with Gasteiger partial charge in [-0.25, -0.2) is 4.79 Å². The van der Waals surface area contributed by atoms with Gasteiger partial charge in [-0.05, 0) is 36.2 Å². The molecule has 2 aromatic carbocycles. The molecule has 0 radical (unpaired) electrons. The number of aryl methyl sites for hydroxylation is 1. The van der Waals surface area contributed by atoms with Crippen molar-refractivity contribution in [2.75, 3.05) is 14.2 Å². The quantitative estimate of drug-likeness (QED) is 0.623. The van der Waals surface area contributed by atoms with E-state index in [4.69, 9.17) is 14.2 Å². The first kappa shape index (κ1) is 14.9. The molecule has 0 N–H and O–H groups in total. The lowest BCUT2D eigenvalue weighted by molar-refractivity contribution is 0.0734. The van der Waals surface area contributed by atoms with E-state index in [9.17, 15) is 4.79 Å². The van der Waals surface area contributed by atoms with E-state index in [0.717, 1.165) is 6.42 Å². The third-order valence-corrected chi connectivity index (χ3v) is 3.13. The second-order valence-corrected chi connectivity index (χ2v) is 4.49. The normalized spacial score (nSPS) is 10.0. The molecule has 4 nitrogen and oxygen atoms in total. The van der Waals surface area contributed by atoms with Crippen LogP contribution in [0.4, 0.5) is 0 Å². The molecule has 0 bridgehead atoms. The molecule has 2 aromatic rings. The monoisotopic (exact) mass is 286 g/mol. The molecule has 2 rings (SSSR count). The molecule has 0 fully saturated rings. The third kappa shape index (κ3) is 3.75. The van der Waals surface area contributed by atoms with Gasteiger partial charge in [0.15, 0.2) is 0 Å². The van der Waals surface area contributed by atoms with Crippen molar-refractivity contribution >= 4 is 5.97 Å². The molecule has 0 atom stereocenters. The van der Waals surface area contributed by atoms with Gasteiger partial charge >= 0.3 is 5.97 Å². The summed E-state index contributed by atoms with van der Waals surface area (Å²) in [6, 6.07) is 12.4. The summed E-state index contributed by atoms with van der Waals surface area (Å²) in [5, 5.41) is 0. The van der Waals surface area contributed by atoms with Crippen LogP contribution < -0.4 is 14.2 Å². The standard InChI is InChI=1S/C17H18O4/c1-4-12-5-7-14(8-6-12)21-17(18)13-9-15(19-2)11-16(10-13)20-3/h5-11H,4H2,1-3H3.